The Morgan fingerprint density at radius 1 is 1.57 bits per heavy atom. The molecule has 0 radical (unpaired) electrons. The van der Waals surface area contributed by atoms with E-state index in [2.05, 4.69) is 0 Å². The molecule has 0 saturated heterocycles. The highest BCUT2D eigenvalue weighted by atomic mass is 32.2. The van der Waals surface area contributed by atoms with E-state index in [1.165, 1.54) is 11.8 Å². The van der Waals surface area contributed by atoms with Crippen molar-refractivity contribution in [1.29, 1.82) is 0 Å². The molecule has 76 valence electrons. The van der Waals surface area contributed by atoms with E-state index in [-0.39, 0.29) is 10.6 Å². The minimum Gasteiger partial charge on any atom is -0.398 e. The molecule has 0 heterocycles. The zero-order valence-corrected chi connectivity index (χ0v) is 8.93. The molecule has 1 aromatic carbocycles. The number of benzene rings is 1. The number of rotatable bonds is 3. The molecule has 0 atom stereocenters. The number of nitro groups is 1. The molecule has 0 amide bonds. The Balaban J connectivity index is 3.35. The highest BCUT2D eigenvalue weighted by molar-refractivity contribution is 7.98. The molecule has 1 rings (SSSR count). The van der Waals surface area contributed by atoms with Crippen molar-refractivity contribution in [2.75, 3.05) is 12.0 Å². The fraction of sp³-hybridized carbons (Fsp3) is 0.333. The van der Waals surface area contributed by atoms with Crippen LogP contribution < -0.4 is 5.73 Å². The molecular weight excluding hydrogens is 200 g/mol. The lowest BCUT2D eigenvalue weighted by Gasteiger charge is -2.06. The topological polar surface area (TPSA) is 69.2 Å². The Morgan fingerprint density at radius 3 is 2.64 bits per heavy atom. The van der Waals surface area contributed by atoms with Crippen LogP contribution in [0.25, 0.3) is 0 Å². The second-order valence-electron chi connectivity index (χ2n) is 2.82. The summed E-state index contributed by atoms with van der Waals surface area (Å²) in [7, 11) is 0. The third-order valence-corrected chi connectivity index (χ3v) is 2.73. The second kappa shape index (κ2) is 4.32. The van der Waals surface area contributed by atoms with E-state index in [1.54, 1.807) is 12.1 Å². The van der Waals surface area contributed by atoms with Gasteiger partial charge in [-0.25, -0.2) is 0 Å². The normalized spacial score (nSPS) is 10.1. The summed E-state index contributed by atoms with van der Waals surface area (Å²) in [6, 6.07) is 3.34. The predicted molar refractivity (Wildman–Crippen MR) is 58.7 cm³/mol. The average molecular weight is 212 g/mol. The molecule has 0 spiro atoms. The van der Waals surface area contributed by atoms with E-state index in [0.29, 0.717) is 17.7 Å². The summed E-state index contributed by atoms with van der Waals surface area (Å²) < 4.78 is 0. The SMILES string of the molecule is CCc1c(N)cc(SC)cc1[N+](=O)[O-]. The molecule has 0 aromatic heterocycles. The van der Waals surface area contributed by atoms with Crippen molar-refractivity contribution >= 4 is 23.1 Å². The summed E-state index contributed by atoms with van der Waals surface area (Å²) in [5.41, 5.74) is 6.97. The van der Waals surface area contributed by atoms with Gasteiger partial charge in [-0.1, -0.05) is 6.92 Å². The first-order chi connectivity index (χ1) is 6.60. The maximum Gasteiger partial charge on any atom is 0.275 e. The van der Waals surface area contributed by atoms with Crippen LogP contribution >= 0.6 is 11.8 Å². The van der Waals surface area contributed by atoms with Gasteiger partial charge >= 0.3 is 0 Å². The minimum absolute atomic E-state index is 0.122. The zero-order valence-electron chi connectivity index (χ0n) is 8.11. The molecule has 1 aromatic rings. The van der Waals surface area contributed by atoms with E-state index in [4.69, 9.17) is 5.73 Å². The van der Waals surface area contributed by atoms with Crippen molar-refractivity contribution in [3.05, 3.63) is 27.8 Å². The van der Waals surface area contributed by atoms with E-state index >= 15 is 0 Å². The molecule has 14 heavy (non-hydrogen) atoms. The number of thioether (sulfide) groups is 1. The minimum atomic E-state index is -0.380. The quantitative estimate of drug-likeness (QED) is 0.361. The van der Waals surface area contributed by atoms with Gasteiger partial charge < -0.3 is 5.73 Å². The van der Waals surface area contributed by atoms with E-state index in [1.807, 2.05) is 13.2 Å². The molecule has 0 bridgehead atoms. The third-order valence-electron chi connectivity index (χ3n) is 2.02. The Morgan fingerprint density at radius 2 is 2.21 bits per heavy atom. The molecular formula is C9H12N2O2S. The third kappa shape index (κ3) is 1.98. The van der Waals surface area contributed by atoms with Crippen molar-refractivity contribution in [2.24, 2.45) is 0 Å². The van der Waals surface area contributed by atoms with E-state index in [9.17, 15) is 10.1 Å². The van der Waals surface area contributed by atoms with Gasteiger partial charge in [-0.2, -0.15) is 0 Å². The Kier molecular flexibility index (Phi) is 3.35. The molecule has 0 aliphatic rings. The molecule has 0 aliphatic carbocycles. The van der Waals surface area contributed by atoms with Crippen LogP contribution in [0, 0.1) is 10.1 Å². The van der Waals surface area contributed by atoms with E-state index < -0.39 is 0 Å². The standard InChI is InChI=1S/C9H12N2O2S/c1-3-7-8(10)4-6(14-2)5-9(7)11(12)13/h4-5H,3,10H2,1-2H3. The molecule has 0 saturated carbocycles. The Labute approximate surface area is 86.6 Å². The number of hydrogen-bond donors (Lipinski definition) is 1. The first-order valence-corrected chi connectivity index (χ1v) is 5.43. The molecule has 4 nitrogen and oxygen atoms in total. The van der Waals surface area contributed by atoms with Crippen LogP contribution in [-0.2, 0) is 6.42 Å². The van der Waals surface area contributed by atoms with Gasteiger partial charge in [-0.05, 0) is 18.7 Å². The molecule has 0 fully saturated rings. The van der Waals surface area contributed by atoms with Crippen LogP contribution in [-0.4, -0.2) is 11.2 Å². The first-order valence-electron chi connectivity index (χ1n) is 4.21. The molecule has 5 heteroatoms. The predicted octanol–water partition coefficient (Wildman–Crippen LogP) is 2.46. The lowest BCUT2D eigenvalue weighted by atomic mass is 10.1. The van der Waals surface area contributed by atoms with Crippen LogP contribution in [0.3, 0.4) is 0 Å². The zero-order chi connectivity index (χ0) is 10.7. The summed E-state index contributed by atoms with van der Waals surface area (Å²) in [4.78, 5) is 11.2. The highest BCUT2D eigenvalue weighted by Gasteiger charge is 2.16. The summed E-state index contributed by atoms with van der Waals surface area (Å²) in [5, 5.41) is 10.7. The van der Waals surface area contributed by atoms with Crippen molar-refractivity contribution < 1.29 is 4.92 Å². The van der Waals surface area contributed by atoms with Crippen molar-refractivity contribution in [3.8, 4) is 0 Å². The summed E-state index contributed by atoms with van der Waals surface area (Å²) in [5.74, 6) is 0. The van der Waals surface area contributed by atoms with Crippen LogP contribution in [0.15, 0.2) is 17.0 Å². The lowest BCUT2D eigenvalue weighted by molar-refractivity contribution is -0.385. The van der Waals surface area contributed by atoms with Crippen LogP contribution in [0.2, 0.25) is 0 Å². The number of nitrogens with two attached hydrogens (primary N) is 1. The van der Waals surface area contributed by atoms with Gasteiger partial charge in [0.2, 0.25) is 0 Å². The summed E-state index contributed by atoms with van der Waals surface area (Å²) in [6.07, 6.45) is 2.45. The fourth-order valence-corrected chi connectivity index (χ4v) is 1.79. The van der Waals surface area contributed by atoms with Gasteiger partial charge in [0.25, 0.3) is 5.69 Å². The van der Waals surface area contributed by atoms with Crippen LogP contribution in [0.4, 0.5) is 11.4 Å². The highest BCUT2D eigenvalue weighted by Crippen LogP contribution is 2.30. The second-order valence-corrected chi connectivity index (χ2v) is 3.70. The maximum absolute atomic E-state index is 10.7. The largest absolute Gasteiger partial charge is 0.398 e. The first kappa shape index (κ1) is 10.8. The van der Waals surface area contributed by atoms with Crippen LogP contribution in [0.5, 0.6) is 0 Å². The van der Waals surface area contributed by atoms with Crippen molar-refractivity contribution in [1.82, 2.24) is 0 Å². The summed E-state index contributed by atoms with van der Waals surface area (Å²) >= 11 is 1.45. The van der Waals surface area contributed by atoms with Gasteiger partial charge in [0, 0.05) is 16.6 Å². The van der Waals surface area contributed by atoms with Gasteiger partial charge in [0.1, 0.15) is 0 Å². The van der Waals surface area contributed by atoms with E-state index in [0.717, 1.165) is 4.90 Å². The lowest BCUT2D eigenvalue weighted by Crippen LogP contribution is -2.00. The van der Waals surface area contributed by atoms with Gasteiger partial charge in [0.05, 0.1) is 10.5 Å². The van der Waals surface area contributed by atoms with Gasteiger partial charge in [-0.3, -0.25) is 10.1 Å². The monoisotopic (exact) mass is 212 g/mol. The fourth-order valence-electron chi connectivity index (χ4n) is 1.32. The van der Waals surface area contributed by atoms with Crippen molar-refractivity contribution in [3.63, 3.8) is 0 Å². The number of nitrogens with zero attached hydrogens (tertiary/aromatic N) is 1. The maximum atomic E-state index is 10.7. The van der Waals surface area contributed by atoms with Crippen LogP contribution in [0.1, 0.15) is 12.5 Å². The number of hydrogen-bond acceptors (Lipinski definition) is 4. The van der Waals surface area contributed by atoms with Gasteiger partial charge in [-0.15, -0.1) is 11.8 Å². The molecule has 2 N–H and O–H groups in total. The molecule has 0 unspecified atom stereocenters. The number of nitrogen functional groups attached to an aromatic ring is 1. The Hall–Kier alpha value is -1.23. The number of nitro benzene ring substituents is 1. The smallest absolute Gasteiger partial charge is 0.275 e. The van der Waals surface area contributed by atoms with Gasteiger partial charge in [0.15, 0.2) is 0 Å². The Bertz CT molecular complexity index is 366. The summed E-state index contributed by atoms with van der Waals surface area (Å²) in [6.45, 7) is 1.86. The van der Waals surface area contributed by atoms with Crippen molar-refractivity contribution in [2.45, 2.75) is 18.2 Å². The number of anilines is 1. The molecule has 0 aliphatic heterocycles. The average Bonchev–Trinajstić information content (AvgIpc) is 2.16.